The Labute approximate surface area is 221 Å². The Morgan fingerprint density at radius 1 is 1.11 bits per heavy atom. The zero-order valence-corrected chi connectivity index (χ0v) is 22.0. The van der Waals surface area contributed by atoms with Gasteiger partial charge >= 0.3 is 0 Å². The summed E-state index contributed by atoms with van der Waals surface area (Å²) in [5.41, 5.74) is 5.76. The number of halogens is 2. The maximum atomic E-state index is 14.9. The number of carbonyl (C=O) groups is 2. The highest BCUT2D eigenvalue weighted by Crippen LogP contribution is 2.42. The van der Waals surface area contributed by atoms with Crippen molar-refractivity contribution in [1.29, 1.82) is 0 Å². The molecule has 192 valence electrons. The molecule has 37 heavy (non-hydrogen) atoms. The highest BCUT2D eigenvalue weighted by molar-refractivity contribution is 6.36. The number of aromatic amines is 1. The van der Waals surface area contributed by atoms with Crippen LogP contribution in [0.4, 0.5) is 10.1 Å². The van der Waals surface area contributed by atoms with Crippen LogP contribution in [0.1, 0.15) is 46.7 Å². The van der Waals surface area contributed by atoms with Crippen molar-refractivity contribution in [2.75, 3.05) is 38.0 Å². The van der Waals surface area contributed by atoms with E-state index in [1.165, 1.54) is 6.07 Å². The molecule has 0 atom stereocenters. The standard InChI is InChI=1S/C29H30ClFN4O2/c1-4-34(5-2)13-14-35-12-11-24-26(29(35)37)17(3)25(32-24)16-21-27-20(7-6-8-23(27)33-28(21)36)19-10-9-18(30)15-22(19)31/h6-10,15-16,32H,4-5,11-14H2,1-3H3,(H,33,36). The number of likely N-dealkylation sites (N-methyl/N-ethyl adjacent to an activating group) is 1. The van der Waals surface area contributed by atoms with Gasteiger partial charge in [0.1, 0.15) is 5.82 Å². The molecule has 0 fully saturated rings. The van der Waals surface area contributed by atoms with Crippen LogP contribution in [0, 0.1) is 12.7 Å². The number of anilines is 1. The molecule has 0 spiro atoms. The lowest BCUT2D eigenvalue weighted by Crippen LogP contribution is -2.42. The maximum Gasteiger partial charge on any atom is 0.256 e. The molecule has 6 nitrogen and oxygen atoms in total. The Balaban J connectivity index is 1.51. The number of nitrogens with zero attached hydrogens (tertiary/aromatic N) is 2. The van der Waals surface area contributed by atoms with Crippen LogP contribution in [0.25, 0.3) is 22.8 Å². The minimum absolute atomic E-state index is 0.0204. The Morgan fingerprint density at radius 2 is 1.89 bits per heavy atom. The van der Waals surface area contributed by atoms with Gasteiger partial charge in [0.15, 0.2) is 0 Å². The van der Waals surface area contributed by atoms with E-state index >= 15 is 0 Å². The molecule has 3 heterocycles. The summed E-state index contributed by atoms with van der Waals surface area (Å²) in [6, 6.07) is 9.91. The number of carbonyl (C=O) groups excluding carboxylic acids is 2. The van der Waals surface area contributed by atoms with Crippen molar-refractivity contribution < 1.29 is 14.0 Å². The minimum atomic E-state index is -0.457. The molecule has 5 rings (SSSR count). The van der Waals surface area contributed by atoms with Gasteiger partial charge in [0.25, 0.3) is 11.8 Å². The van der Waals surface area contributed by atoms with Crippen LogP contribution in [0.3, 0.4) is 0 Å². The van der Waals surface area contributed by atoms with Crippen LogP contribution in [0.2, 0.25) is 5.02 Å². The van der Waals surface area contributed by atoms with Gasteiger partial charge in [-0.15, -0.1) is 0 Å². The van der Waals surface area contributed by atoms with Crippen LogP contribution in [0.5, 0.6) is 0 Å². The molecule has 2 amide bonds. The van der Waals surface area contributed by atoms with Crippen molar-refractivity contribution in [3.63, 3.8) is 0 Å². The molecule has 2 aliphatic heterocycles. The van der Waals surface area contributed by atoms with Gasteiger partial charge in [-0.1, -0.05) is 37.6 Å². The van der Waals surface area contributed by atoms with Gasteiger partial charge in [-0.25, -0.2) is 4.39 Å². The summed E-state index contributed by atoms with van der Waals surface area (Å²) in [6.07, 6.45) is 2.51. The molecule has 0 radical (unpaired) electrons. The van der Waals surface area contributed by atoms with Gasteiger partial charge in [-0.2, -0.15) is 0 Å². The number of H-pyrrole nitrogens is 1. The maximum absolute atomic E-state index is 14.9. The van der Waals surface area contributed by atoms with E-state index < -0.39 is 5.82 Å². The third kappa shape index (κ3) is 4.58. The number of rotatable bonds is 7. The van der Waals surface area contributed by atoms with E-state index in [0.717, 1.165) is 37.3 Å². The molecule has 1 aromatic heterocycles. The summed E-state index contributed by atoms with van der Waals surface area (Å²) in [6.45, 7) is 10.3. The number of fused-ring (bicyclic) bond motifs is 2. The highest BCUT2D eigenvalue weighted by atomic mass is 35.5. The average molecular weight is 521 g/mol. The molecule has 0 bridgehead atoms. The van der Waals surface area contributed by atoms with Gasteiger partial charge in [0, 0.05) is 59.3 Å². The van der Waals surface area contributed by atoms with Crippen LogP contribution in [-0.2, 0) is 11.2 Å². The zero-order chi connectivity index (χ0) is 26.3. The third-order valence-electron chi connectivity index (χ3n) is 7.42. The lowest BCUT2D eigenvalue weighted by atomic mass is 9.93. The molecular weight excluding hydrogens is 491 g/mol. The van der Waals surface area contributed by atoms with Crippen molar-refractivity contribution in [3.05, 3.63) is 75.3 Å². The summed E-state index contributed by atoms with van der Waals surface area (Å²) in [5.74, 6) is -0.704. The highest BCUT2D eigenvalue weighted by Gasteiger charge is 2.32. The van der Waals surface area contributed by atoms with E-state index in [0.29, 0.717) is 57.3 Å². The molecule has 0 saturated carbocycles. The lowest BCUT2D eigenvalue weighted by molar-refractivity contribution is -0.110. The second kappa shape index (κ2) is 10.1. The molecule has 3 aromatic rings. The van der Waals surface area contributed by atoms with Gasteiger partial charge in [0.05, 0.1) is 11.1 Å². The first-order chi connectivity index (χ1) is 17.8. The third-order valence-corrected chi connectivity index (χ3v) is 7.65. The minimum Gasteiger partial charge on any atom is -0.358 e. The van der Waals surface area contributed by atoms with E-state index in [1.807, 2.05) is 11.8 Å². The number of nitrogens with one attached hydrogen (secondary N) is 2. The van der Waals surface area contributed by atoms with Gasteiger partial charge in [0.2, 0.25) is 0 Å². The summed E-state index contributed by atoms with van der Waals surface area (Å²) in [7, 11) is 0. The largest absolute Gasteiger partial charge is 0.358 e. The number of benzene rings is 2. The van der Waals surface area contributed by atoms with Crippen molar-refractivity contribution in [2.24, 2.45) is 0 Å². The van der Waals surface area contributed by atoms with E-state index in [9.17, 15) is 14.0 Å². The fourth-order valence-electron chi connectivity index (χ4n) is 5.29. The SMILES string of the molecule is CCN(CC)CCN1CCc2[nH]c(C=C3C(=O)Nc4cccc(-c5ccc(Cl)cc5F)c43)c(C)c2C1=O. The second-order valence-corrected chi connectivity index (χ2v) is 9.89. The molecule has 0 unspecified atom stereocenters. The first-order valence-electron chi connectivity index (χ1n) is 12.7. The predicted octanol–water partition coefficient (Wildman–Crippen LogP) is 5.62. The molecular formula is C29H30ClFN4O2. The smallest absolute Gasteiger partial charge is 0.256 e. The topological polar surface area (TPSA) is 68.4 Å². The monoisotopic (exact) mass is 520 g/mol. The first kappa shape index (κ1) is 25.2. The fraction of sp³-hybridized carbons (Fsp3) is 0.310. The molecule has 0 aliphatic carbocycles. The Bertz CT molecular complexity index is 1420. The fourth-order valence-corrected chi connectivity index (χ4v) is 5.45. The Hall–Kier alpha value is -3.42. The van der Waals surface area contributed by atoms with Crippen molar-refractivity contribution in [3.8, 4) is 11.1 Å². The van der Waals surface area contributed by atoms with E-state index in [2.05, 4.69) is 29.0 Å². The van der Waals surface area contributed by atoms with Crippen LogP contribution < -0.4 is 5.32 Å². The van der Waals surface area contributed by atoms with Gasteiger partial charge < -0.3 is 20.1 Å². The van der Waals surface area contributed by atoms with Crippen molar-refractivity contribution in [2.45, 2.75) is 27.2 Å². The summed E-state index contributed by atoms with van der Waals surface area (Å²) in [4.78, 5) is 34.0. The van der Waals surface area contributed by atoms with Crippen LogP contribution in [-0.4, -0.2) is 59.3 Å². The first-order valence-corrected chi connectivity index (χ1v) is 13.0. The van der Waals surface area contributed by atoms with E-state index in [1.54, 1.807) is 36.4 Å². The normalized spacial score (nSPS) is 15.9. The molecule has 8 heteroatoms. The summed E-state index contributed by atoms with van der Waals surface area (Å²) >= 11 is 5.96. The summed E-state index contributed by atoms with van der Waals surface area (Å²) in [5, 5.41) is 3.20. The number of hydrogen-bond acceptors (Lipinski definition) is 3. The predicted molar refractivity (Wildman–Crippen MR) is 146 cm³/mol. The van der Waals surface area contributed by atoms with Crippen LogP contribution in [0.15, 0.2) is 36.4 Å². The Morgan fingerprint density at radius 3 is 2.62 bits per heavy atom. The Kier molecular flexibility index (Phi) is 6.92. The van der Waals surface area contributed by atoms with Gasteiger partial charge in [-0.05, 0) is 61.5 Å². The molecule has 2 aliphatic rings. The lowest BCUT2D eigenvalue weighted by Gasteiger charge is -2.29. The van der Waals surface area contributed by atoms with E-state index in [-0.39, 0.29) is 11.8 Å². The molecule has 2 N–H and O–H groups in total. The summed E-state index contributed by atoms with van der Waals surface area (Å²) < 4.78 is 14.9. The number of amides is 2. The van der Waals surface area contributed by atoms with Crippen molar-refractivity contribution >= 4 is 40.8 Å². The van der Waals surface area contributed by atoms with Crippen LogP contribution >= 0.6 is 11.6 Å². The zero-order valence-electron chi connectivity index (χ0n) is 21.3. The number of hydrogen-bond donors (Lipinski definition) is 2. The molecule has 2 aromatic carbocycles. The average Bonchev–Trinajstić information content (AvgIpc) is 3.37. The quantitative estimate of drug-likeness (QED) is 0.398. The van der Waals surface area contributed by atoms with Gasteiger partial charge in [-0.3, -0.25) is 9.59 Å². The molecule has 0 saturated heterocycles. The second-order valence-electron chi connectivity index (χ2n) is 9.45. The van der Waals surface area contributed by atoms with Crippen molar-refractivity contribution in [1.82, 2.24) is 14.8 Å². The van der Waals surface area contributed by atoms with E-state index in [4.69, 9.17) is 11.6 Å². The number of aromatic nitrogens is 1.